The Balaban J connectivity index is 2.54. The minimum atomic E-state index is -3.54. The van der Waals surface area contributed by atoms with E-state index in [9.17, 15) is 8.42 Å². The van der Waals surface area contributed by atoms with Crippen molar-refractivity contribution in [2.75, 3.05) is 6.26 Å². The molecule has 0 saturated carbocycles. The summed E-state index contributed by atoms with van der Waals surface area (Å²) >= 11 is 0. The van der Waals surface area contributed by atoms with Crippen LogP contribution in [0, 0.1) is 0 Å². The first-order chi connectivity index (χ1) is 6.56. The molecule has 0 amide bonds. The van der Waals surface area contributed by atoms with E-state index in [1.165, 1.54) is 0 Å². The fourth-order valence-electron chi connectivity index (χ4n) is 1.14. The summed E-state index contributed by atoms with van der Waals surface area (Å²) in [5, 5.41) is 4.63. The summed E-state index contributed by atoms with van der Waals surface area (Å²) in [4.78, 5) is 0.991. The van der Waals surface area contributed by atoms with E-state index >= 15 is 0 Å². The number of benzene rings is 1. The van der Waals surface area contributed by atoms with Gasteiger partial charge in [0.25, 0.3) is 0 Å². The maximum absolute atomic E-state index is 10.9. The highest BCUT2D eigenvalue weighted by Crippen LogP contribution is 2.11. The van der Waals surface area contributed by atoms with E-state index < -0.39 is 10.1 Å². The number of hydrogen-bond acceptors (Lipinski definition) is 4. The van der Waals surface area contributed by atoms with Gasteiger partial charge in [0.1, 0.15) is 5.52 Å². The molecule has 0 fully saturated rings. The summed E-state index contributed by atoms with van der Waals surface area (Å²) in [6.07, 6.45) is 2.52. The Morgan fingerprint density at radius 3 is 2.79 bits per heavy atom. The summed E-state index contributed by atoms with van der Waals surface area (Å²) < 4.78 is 26.4. The number of aromatic nitrogens is 2. The molecule has 0 atom stereocenters. The SMILES string of the molecule is CS(=O)(=O)On1ncc2ccccc21. The van der Waals surface area contributed by atoms with Gasteiger partial charge in [-0.2, -0.15) is 8.42 Å². The quantitative estimate of drug-likeness (QED) is 0.724. The molecule has 0 N–H and O–H groups in total. The summed E-state index contributed by atoms with van der Waals surface area (Å²) in [5.41, 5.74) is 0.623. The molecule has 0 unspecified atom stereocenters. The first kappa shape index (κ1) is 9.01. The minimum Gasteiger partial charge on any atom is -0.269 e. The van der Waals surface area contributed by atoms with Gasteiger partial charge < -0.3 is 0 Å². The van der Waals surface area contributed by atoms with Gasteiger partial charge in [0.2, 0.25) is 0 Å². The van der Waals surface area contributed by atoms with Crippen molar-refractivity contribution in [1.82, 2.24) is 9.94 Å². The van der Waals surface area contributed by atoms with Crippen LogP contribution in [0.4, 0.5) is 0 Å². The van der Waals surface area contributed by atoms with Crippen molar-refractivity contribution >= 4 is 21.0 Å². The van der Waals surface area contributed by atoms with Crippen LogP contribution >= 0.6 is 0 Å². The van der Waals surface area contributed by atoms with E-state index in [2.05, 4.69) is 9.38 Å². The van der Waals surface area contributed by atoms with Gasteiger partial charge in [-0.1, -0.05) is 23.0 Å². The Hall–Kier alpha value is -1.56. The lowest BCUT2D eigenvalue weighted by molar-refractivity contribution is 0.255. The predicted octanol–water partition coefficient (Wildman–Crippen LogP) is 0.424. The maximum Gasteiger partial charge on any atom is 0.325 e. The topological polar surface area (TPSA) is 61.2 Å². The van der Waals surface area contributed by atoms with Gasteiger partial charge in [0, 0.05) is 5.39 Å². The zero-order valence-corrected chi connectivity index (χ0v) is 8.23. The fraction of sp³-hybridized carbons (Fsp3) is 0.125. The zero-order valence-electron chi connectivity index (χ0n) is 7.41. The Morgan fingerprint density at radius 1 is 1.36 bits per heavy atom. The van der Waals surface area contributed by atoms with Gasteiger partial charge in [-0.3, -0.25) is 4.28 Å². The lowest BCUT2D eigenvalue weighted by Crippen LogP contribution is -2.19. The molecule has 0 saturated heterocycles. The van der Waals surface area contributed by atoms with Gasteiger partial charge in [-0.25, -0.2) is 0 Å². The van der Waals surface area contributed by atoms with Crippen LogP contribution in [0.15, 0.2) is 30.5 Å². The molecule has 74 valence electrons. The Morgan fingerprint density at radius 2 is 2.07 bits per heavy atom. The van der Waals surface area contributed by atoms with Gasteiger partial charge in [0.05, 0.1) is 12.5 Å². The van der Waals surface area contributed by atoms with Crippen LogP contribution in [-0.2, 0) is 10.1 Å². The lowest BCUT2D eigenvalue weighted by Gasteiger charge is -2.01. The third-order valence-electron chi connectivity index (χ3n) is 1.65. The van der Waals surface area contributed by atoms with E-state index in [4.69, 9.17) is 0 Å². The van der Waals surface area contributed by atoms with Crippen molar-refractivity contribution in [2.45, 2.75) is 0 Å². The Kier molecular flexibility index (Phi) is 1.92. The van der Waals surface area contributed by atoms with Crippen LogP contribution < -0.4 is 4.28 Å². The number of rotatable bonds is 2. The molecule has 2 rings (SSSR count). The van der Waals surface area contributed by atoms with Gasteiger partial charge in [-0.15, -0.1) is 5.10 Å². The molecule has 1 aromatic heterocycles. The fourth-order valence-corrected chi connectivity index (χ4v) is 1.51. The minimum absolute atomic E-state index is 0.623. The second-order valence-corrected chi connectivity index (χ2v) is 4.41. The monoisotopic (exact) mass is 212 g/mol. The summed E-state index contributed by atoms with van der Waals surface area (Å²) in [5.74, 6) is 0. The molecule has 0 radical (unpaired) electrons. The number of hydrogen-bond donors (Lipinski definition) is 0. The Bertz CT molecular complexity index is 559. The highest BCUT2D eigenvalue weighted by molar-refractivity contribution is 7.86. The van der Waals surface area contributed by atoms with Crippen molar-refractivity contribution in [3.63, 3.8) is 0 Å². The van der Waals surface area contributed by atoms with Crippen LogP contribution in [0.2, 0.25) is 0 Å². The molecule has 1 aromatic carbocycles. The second kappa shape index (κ2) is 2.98. The van der Waals surface area contributed by atoms with E-state index in [1.807, 2.05) is 12.1 Å². The van der Waals surface area contributed by atoms with Crippen LogP contribution in [0.25, 0.3) is 10.9 Å². The smallest absolute Gasteiger partial charge is 0.269 e. The van der Waals surface area contributed by atoms with Crippen LogP contribution in [0.3, 0.4) is 0 Å². The first-order valence-corrected chi connectivity index (χ1v) is 5.71. The summed E-state index contributed by atoms with van der Waals surface area (Å²) in [6, 6.07) is 7.18. The van der Waals surface area contributed by atoms with Gasteiger partial charge in [0.15, 0.2) is 0 Å². The van der Waals surface area contributed by atoms with Crippen molar-refractivity contribution in [1.29, 1.82) is 0 Å². The van der Waals surface area contributed by atoms with Crippen molar-refractivity contribution in [3.05, 3.63) is 30.5 Å². The molecule has 6 heteroatoms. The maximum atomic E-state index is 10.9. The molecule has 1 heterocycles. The normalized spacial score (nSPS) is 11.8. The van der Waals surface area contributed by atoms with E-state index in [0.29, 0.717) is 5.52 Å². The number of para-hydroxylation sites is 1. The van der Waals surface area contributed by atoms with Crippen LogP contribution in [0.1, 0.15) is 0 Å². The highest BCUT2D eigenvalue weighted by Gasteiger charge is 2.07. The van der Waals surface area contributed by atoms with Crippen molar-refractivity contribution < 1.29 is 12.7 Å². The molecular formula is C8H8N2O3S. The average Bonchev–Trinajstić information content (AvgIpc) is 2.47. The third kappa shape index (κ3) is 1.69. The van der Waals surface area contributed by atoms with Crippen molar-refractivity contribution in [3.8, 4) is 0 Å². The molecule has 0 aliphatic carbocycles. The van der Waals surface area contributed by atoms with Gasteiger partial charge in [-0.05, 0) is 6.07 Å². The predicted molar refractivity (Wildman–Crippen MR) is 51.2 cm³/mol. The average molecular weight is 212 g/mol. The molecule has 2 aromatic rings. The highest BCUT2D eigenvalue weighted by atomic mass is 32.2. The molecule has 0 aliphatic rings. The first-order valence-electron chi connectivity index (χ1n) is 3.89. The molecule has 5 nitrogen and oxygen atoms in total. The molecule has 0 spiro atoms. The van der Waals surface area contributed by atoms with Crippen LogP contribution in [0.5, 0.6) is 0 Å². The number of nitrogens with zero attached hydrogens (tertiary/aromatic N) is 2. The standard InChI is InChI=1S/C8H8N2O3S/c1-14(11,12)13-10-8-5-3-2-4-7(8)6-9-10/h2-6H,1H3. The summed E-state index contributed by atoms with van der Waals surface area (Å²) in [6.45, 7) is 0. The molecule has 14 heavy (non-hydrogen) atoms. The molecule has 0 bridgehead atoms. The largest absolute Gasteiger partial charge is 0.325 e. The van der Waals surface area contributed by atoms with E-state index in [-0.39, 0.29) is 0 Å². The van der Waals surface area contributed by atoms with Crippen LogP contribution in [-0.4, -0.2) is 24.6 Å². The van der Waals surface area contributed by atoms with E-state index in [1.54, 1.807) is 18.3 Å². The zero-order chi connectivity index (χ0) is 10.2. The summed E-state index contributed by atoms with van der Waals surface area (Å²) in [7, 11) is -3.54. The van der Waals surface area contributed by atoms with E-state index in [0.717, 1.165) is 16.5 Å². The van der Waals surface area contributed by atoms with Gasteiger partial charge >= 0.3 is 10.1 Å². The number of fused-ring (bicyclic) bond motifs is 1. The second-order valence-electron chi connectivity index (χ2n) is 2.85. The molecule has 0 aliphatic heterocycles. The van der Waals surface area contributed by atoms with Crippen molar-refractivity contribution in [2.24, 2.45) is 0 Å². The third-order valence-corrected chi connectivity index (χ3v) is 2.06. The lowest BCUT2D eigenvalue weighted by atomic mass is 10.3. The molecular weight excluding hydrogens is 204 g/mol. The Labute approximate surface area is 81.0 Å².